The van der Waals surface area contributed by atoms with Gasteiger partial charge in [-0.3, -0.25) is 24.7 Å². The van der Waals surface area contributed by atoms with E-state index in [1.807, 2.05) is 26.0 Å². The molecule has 0 bridgehead atoms. The van der Waals surface area contributed by atoms with E-state index in [-0.39, 0.29) is 43.4 Å². The molecule has 1 aromatic heterocycles. The van der Waals surface area contributed by atoms with Gasteiger partial charge in [0.2, 0.25) is 5.91 Å². The van der Waals surface area contributed by atoms with Crippen molar-refractivity contribution >= 4 is 23.5 Å². The summed E-state index contributed by atoms with van der Waals surface area (Å²) in [5.41, 5.74) is 3.22. The van der Waals surface area contributed by atoms with Crippen LogP contribution in [0.25, 0.3) is 11.3 Å². The second-order valence-corrected chi connectivity index (χ2v) is 11.2. The molecule has 1 saturated carbocycles. The number of nitrogens with zero attached hydrogens (tertiary/aromatic N) is 3. The van der Waals surface area contributed by atoms with E-state index in [0.717, 1.165) is 22.3 Å². The van der Waals surface area contributed by atoms with Crippen LogP contribution in [0.4, 0.5) is 4.79 Å². The summed E-state index contributed by atoms with van der Waals surface area (Å²) in [6.45, 7) is 9.52. The van der Waals surface area contributed by atoms with Crippen molar-refractivity contribution in [2.45, 2.75) is 53.4 Å². The Kier molecular flexibility index (Phi) is 6.29. The third kappa shape index (κ3) is 4.66. The van der Waals surface area contributed by atoms with Gasteiger partial charge in [0.15, 0.2) is 0 Å². The first kappa shape index (κ1) is 25.2. The second kappa shape index (κ2) is 8.98. The van der Waals surface area contributed by atoms with Crippen molar-refractivity contribution in [2.24, 2.45) is 10.8 Å². The number of imide groups is 1. The van der Waals surface area contributed by atoms with Crippen LogP contribution in [-0.2, 0) is 14.4 Å². The predicted molar refractivity (Wildman–Crippen MR) is 133 cm³/mol. The molecule has 2 aliphatic rings. The second-order valence-electron chi connectivity index (χ2n) is 11.2. The van der Waals surface area contributed by atoms with Crippen molar-refractivity contribution in [1.29, 1.82) is 5.26 Å². The molecule has 3 amide bonds. The summed E-state index contributed by atoms with van der Waals surface area (Å²) >= 11 is 0. The minimum atomic E-state index is -0.816. The molecule has 36 heavy (non-hydrogen) atoms. The number of nitrogens with one attached hydrogen (secondary N) is 1. The van der Waals surface area contributed by atoms with Gasteiger partial charge in [-0.25, -0.2) is 4.79 Å². The maximum Gasteiger partial charge on any atom is 0.324 e. The Morgan fingerprint density at radius 3 is 2.14 bits per heavy atom. The molecule has 0 atom stereocenters. The number of aryl methyl sites for hydroxylation is 2. The number of pyridine rings is 1. The van der Waals surface area contributed by atoms with E-state index in [9.17, 15) is 19.2 Å². The highest BCUT2D eigenvalue weighted by molar-refractivity contribution is 6.11. The third-order valence-electron chi connectivity index (χ3n) is 7.05. The minimum Gasteiger partial charge on any atom is -0.323 e. The van der Waals surface area contributed by atoms with Gasteiger partial charge in [0.25, 0.3) is 0 Å². The van der Waals surface area contributed by atoms with Gasteiger partial charge >= 0.3 is 6.03 Å². The zero-order valence-electron chi connectivity index (χ0n) is 21.3. The smallest absolute Gasteiger partial charge is 0.323 e. The molecule has 2 aromatic rings. The summed E-state index contributed by atoms with van der Waals surface area (Å²) in [6, 6.07) is 8.89. The largest absolute Gasteiger partial charge is 0.324 e. The highest BCUT2D eigenvalue weighted by Gasteiger charge is 2.53. The summed E-state index contributed by atoms with van der Waals surface area (Å²) < 4.78 is 0. The zero-order chi connectivity index (χ0) is 26.4. The first-order chi connectivity index (χ1) is 16.8. The Morgan fingerprint density at radius 2 is 1.67 bits per heavy atom. The maximum absolute atomic E-state index is 13.3. The van der Waals surface area contributed by atoms with Gasteiger partial charge in [-0.1, -0.05) is 20.8 Å². The summed E-state index contributed by atoms with van der Waals surface area (Å²) in [5.74, 6) is -1.45. The van der Waals surface area contributed by atoms with Crippen LogP contribution in [0, 0.1) is 36.0 Å². The van der Waals surface area contributed by atoms with Gasteiger partial charge < -0.3 is 4.90 Å². The van der Waals surface area contributed by atoms with Crippen molar-refractivity contribution in [3.8, 4) is 17.3 Å². The van der Waals surface area contributed by atoms with Crippen molar-refractivity contribution in [1.82, 2.24) is 15.2 Å². The van der Waals surface area contributed by atoms with Crippen LogP contribution in [0.5, 0.6) is 0 Å². The molecule has 8 heteroatoms. The molecule has 1 saturated heterocycles. The molecule has 1 aromatic carbocycles. The van der Waals surface area contributed by atoms with Gasteiger partial charge in [-0.05, 0) is 54.8 Å². The fraction of sp³-hybridized carbons (Fsp3) is 0.429. The quantitative estimate of drug-likeness (QED) is 0.644. The lowest BCUT2D eigenvalue weighted by atomic mass is 9.63. The highest BCUT2D eigenvalue weighted by Crippen LogP contribution is 2.46. The van der Waals surface area contributed by atoms with Crippen molar-refractivity contribution in [3.05, 3.63) is 52.7 Å². The lowest BCUT2D eigenvalue weighted by Crippen LogP contribution is -2.64. The lowest BCUT2D eigenvalue weighted by Gasteiger charge is -2.52. The number of rotatable bonds is 2. The molecule has 2 fully saturated rings. The fourth-order valence-corrected chi connectivity index (χ4v) is 5.21. The Morgan fingerprint density at radius 1 is 1.08 bits per heavy atom. The summed E-state index contributed by atoms with van der Waals surface area (Å²) in [5, 5.41) is 11.4. The van der Waals surface area contributed by atoms with Crippen LogP contribution < -0.4 is 5.32 Å². The number of hydrogen-bond acceptors (Lipinski definition) is 6. The van der Waals surface area contributed by atoms with Crippen molar-refractivity contribution < 1.29 is 19.2 Å². The molecular formula is C28H30N4O4. The van der Waals surface area contributed by atoms with E-state index in [4.69, 9.17) is 5.26 Å². The normalized spacial score (nSPS) is 17.5. The maximum atomic E-state index is 13.3. The van der Waals surface area contributed by atoms with Crippen LogP contribution in [0.3, 0.4) is 0 Å². The average molecular weight is 487 g/mol. The molecule has 0 unspecified atom stereocenters. The Labute approximate surface area is 210 Å². The summed E-state index contributed by atoms with van der Waals surface area (Å²) in [7, 11) is 0. The van der Waals surface area contributed by atoms with E-state index in [1.54, 1.807) is 32.9 Å². The molecule has 4 rings (SSSR count). The first-order valence-electron chi connectivity index (χ1n) is 12.0. The predicted octanol–water partition coefficient (Wildman–Crippen LogP) is 3.84. The topological polar surface area (TPSA) is 120 Å². The molecular weight excluding hydrogens is 456 g/mol. The molecule has 8 nitrogen and oxygen atoms in total. The van der Waals surface area contributed by atoms with Crippen LogP contribution in [-0.4, -0.2) is 46.5 Å². The van der Waals surface area contributed by atoms with Crippen LogP contribution in [0.2, 0.25) is 0 Å². The van der Waals surface area contributed by atoms with E-state index in [0.29, 0.717) is 11.3 Å². The number of ketones is 2. The van der Waals surface area contributed by atoms with Crippen molar-refractivity contribution in [3.63, 3.8) is 0 Å². The number of Topliss-reactive ketones (excluding diaryl/α,β-unsaturated/α-hetero) is 2. The lowest BCUT2D eigenvalue weighted by molar-refractivity contribution is -0.142. The van der Waals surface area contributed by atoms with Crippen LogP contribution in [0.1, 0.15) is 61.8 Å². The van der Waals surface area contributed by atoms with Gasteiger partial charge in [-0.2, -0.15) is 5.26 Å². The number of hydrogen-bond donors (Lipinski definition) is 1. The third-order valence-corrected chi connectivity index (χ3v) is 7.05. The number of carbonyl (C=O) groups is 4. The molecule has 1 aliphatic heterocycles. The SMILES string of the molecule is Cc1cc(-c2ccc(C#N)cn2)cc(C)c1C1C(=O)CC2(CC1=O)CN(C(=O)NC(=O)C(C)(C)C)C2. The average Bonchev–Trinajstić information content (AvgIpc) is 2.77. The Bertz CT molecular complexity index is 1270. The van der Waals surface area contributed by atoms with Crippen LogP contribution in [0.15, 0.2) is 30.5 Å². The molecule has 186 valence electrons. The van der Waals surface area contributed by atoms with Crippen LogP contribution >= 0.6 is 0 Å². The number of aromatic nitrogens is 1. The number of benzene rings is 1. The van der Waals surface area contributed by atoms with Gasteiger partial charge in [0, 0.05) is 48.5 Å². The number of carbonyl (C=O) groups excluding carboxylic acids is 4. The zero-order valence-corrected chi connectivity index (χ0v) is 21.3. The summed E-state index contributed by atoms with van der Waals surface area (Å²) in [6.07, 6.45) is 1.96. The standard InChI is InChI=1S/C28H30N4O4/c1-16-8-19(20-7-6-18(12-29)13-30-20)9-17(2)23(16)24-21(33)10-28(11-22(24)34)14-32(15-28)26(36)31-25(35)27(3,4)5/h6-9,13,24H,10-11,14-15H2,1-5H3,(H,31,35,36). The minimum absolute atomic E-state index is 0.132. The Hall–Kier alpha value is -3.86. The van der Waals surface area contributed by atoms with E-state index in [2.05, 4.69) is 16.4 Å². The molecule has 1 N–H and O–H groups in total. The number of likely N-dealkylation sites (tertiary alicyclic amines) is 1. The highest BCUT2D eigenvalue weighted by atomic mass is 16.2. The molecule has 1 aliphatic carbocycles. The monoisotopic (exact) mass is 486 g/mol. The number of nitriles is 1. The fourth-order valence-electron chi connectivity index (χ4n) is 5.21. The Balaban J connectivity index is 1.48. The van der Waals surface area contributed by atoms with Gasteiger partial charge in [-0.15, -0.1) is 0 Å². The first-order valence-corrected chi connectivity index (χ1v) is 12.0. The van der Waals surface area contributed by atoms with Gasteiger partial charge in [0.05, 0.1) is 11.3 Å². The molecule has 1 spiro atoms. The van der Waals surface area contributed by atoms with Crippen molar-refractivity contribution in [2.75, 3.05) is 13.1 Å². The molecule has 0 radical (unpaired) electrons. The van der Waals surface area contributed by atoms with E-state index >= 15 is 0 Å². The number of urea groups is 1. The van der Waals surface area contributed by atoms with Gasteiger partial charge in [0.1, 0.15) is 23.6 Å². The molecule has 2 heterocycles. The summed E-state index contributed by atoms with van der Waals surface area (Å²) in [4.78, 5) is 57.0. The van der Waals surface area contributed by atoms with E-state index < -0.39 is 22.8 Å². The number of amides is 3. The van der Waals surface area contributed by atoms with E-state index in [1.165, 1.54) is 11.1 Å².